The van der Waals surface area contributed by atoms with E-state index in [-0.39, 0.29) is 5.41 Å². The van der Waals surface area contributed by atoms with E-state index < -0.39 is 0 Å². The van der Waals surface area contributed by atoms with Crippen LogP contribution in [-0.4, -0.2) is 0 Å². The molecule has 0 aliphatic heterocycles. The highest BCUT2D eigenvalue weighted by Gasteiger charge is 2.40. The van der Waals surface area contributed by atoms with Gasteiger partial charge in [-0.25, -0.2) is 0 Å². The standard InChI is InChI=1S/C18H25Cl/c1-12-13(2)15(4)18(5,14(12)3)16-10-8-6-7-9-11-17(16)19/h9,11H,6-8,10H2,1-5H3. The molecular formula is C18H25Cl. The molecule has 0 aromatic rings. The predicted molar refractivity (Wildman–Crippen MR) is 85.3 cm³/mol. The molecule has 19 heavy (non-hydrogen) atoms. The highest BCUT2D eigenvalue weighted by Crippen LogP contribution is 2.53. The van der Waals surface area contributed by atoms with Gasteiger partial charge < -0.3 is 0 Å². The molecule has 2 aliphatic rings. The molecule has 0 amide bonds. The van der Waals surface area contributed by atoms with Gasteiger partial charge in [-0.3, -0.25) is 0 Å². The van der Waals surface area contributed by atoms with E-state index in [1.807, 2.05) is 0 Å². The van der Waals surface area contributed by atoms with Gasteiger partial charge in [-0.2, -0.15) is 0 Å². The Morgan fingerprint density at radius 1 is 1.00 bits per heavy atom. The Morgan fingerprint density at radius 3 is 2.16 bits per heavy atom. The van der Waals surface area contributed by atoms with Gasteiger partial charge in [0.2, 0.25) is 0 Å². The maximum Gasteiger partial charge on any atom is 0.0406 e. The molecule has 0 saturated heterocycles. The summed E-state index contributed by atoms with van der Waals surface area (Å²) in [6.45, 7) is 11.4. The van der Waals surface area contributed by atoms with Gasteiger partial charge >= 0.3 is 0 Å². The van der Waals surface area contributed by atoms with Crippen LogP contribution in [0.25, 0.3) is 0 Å². The van der Waals surface area contributed by atoms with Gasteiger partial charge in [0.15, 0.2) is 0 Å². The van der Waals surface area contributed by atoms with Crippen molar-refractivity contribution in [3.8, 4) is 0 Å². The van der Waals surface area contributed by atoms with Crippen molar-refractivity contribution in [1.29, 1.82) is 0 Å². The van der Waals surface area contributed by atoms with Crippen LogP contribution in [0.3, 0.4) is 0 Å². The van der Waals surface area contributed by atoms with E-state index in [9.17, 15) is 0 Å². The van der Waals surface area contributed by atoms with Crippen LogP contribution >= 0.6 is 11.6 Å². The summed E-state index contributed by atoms with van der Waals surface area (Å²) >= 11 is 6.60. The average molecular weight is 277 g/mol. The van der Waals surface area contributed by atoms with Gasteiger partial charge in [-0.1, -0.05) is 28.8 Å². The van der Waals surface area contributed by atoms with Gasteiger partial charge in [-0.05, 0) is 83.1 Å². The van der Waals surface area contributed by atoms with E-state index in [4.69, 9.17) is 11.6 Å². The van der Waals surface area contributed by atoms with E-state index in [1.165, 1.54) is 40.7 Å². The Kier molecular flexibility index (Phi) is 4.11. The van der Waals surface area contributed by atoms with E-state index in [0.29, 0.717) is 0 Å². The minimum absolute atomic E-state index is 0.0347. The van der Waals surface area contributed by atoms with Gasteiger partial charge in [-0.15, -0.1) is 0 Å². The molecule has 1 heteroatoms. The first kappa shape index (κ1) is 14.7. The lowest BCUT2D eigenvalue weighted by molar-refractivity contribution is 0.536. The van der Waals surface area contributed by atoms with Crippen LogP contribution in [0.2, 0.25) is 0 Å². The molecule has 0 bridgehead atoms. The Bertz CT molecular complexity index is 488. The van der Waals surface area contributed by atoms with E-state index in [0.717, 1.165) is 17.9 Å². The summed E-state index contributed by atoms with van der Waals surface area (Å²) in [5.41, 5.74) is 7.30. The number of hydrogen-bond acceptors (Lipinski definition) is 0. The fraction of sp³-hybridized carbons (Fsp3) is 0.556. The highest BCUT2D eigenvalue weighted by molar-refractivity contribution is 6.31. The van der Waals surface area contributed by atoms with Crippen LogP contribution in [0.15, 0.2) is 45.0 Å². The monoisotopic (exact) mass is 276 g/mol. The molecule has 2 rings (SSSR count). The zero-order chi connectivity index (χ0) is 14.2. The van der Waals surface area contributed by atoms with Gasteiger partial charge in [0.25, 0.3) is 0 Å². The quantitative estimate of drug-likeness (QED) is 0.527. The third-order valence-electron chi connectivity index (χ3n) is 5.39. The normalized spacial score (nSPS) is 24.1. The number of halogens is 1. The first-order valence-corrected chi connectivity index (χ1v) is 7.70. The molecule has 104 valence electrons. The molecule has 0 N–H and O–H groups in total. The van der Waals surface area contributed by atoms with E-state index in [1.54, 1.807) is 0 Å². The van der Waals surface area contributed by atoms with Crippen molar-refractivity contribution in [2.24, 2.45) is 5.41 Å². The lowest BCUT2D eigenvalue weighted by Crippen LogP contribution is -2.22. The second-order valence-corrected chi connectivity index (χ2v) is 6.51. The predicted octanol–water partition coefficient (Wildman–Crippen LogP) is 6.30. The minimum atomic E-state index is 0.0347. The zero-order valence-electron chi connectivity index (χ0n) is 12.9. The second-order valence-electron chi connectivity index (χ2n) is 6.10. The molecule has 2 aliphatic carbocycles. The molecule has 0 aromatic heterocycles. The molecule has 0 spiro atoms. The molecule has 0 radical (unpaired) electrons. The summed E-state index contributed by atoms with van der Waals surface area (Å²) in [7, 11) is 0. The minimum Gasteiger partial charge on any atom is -0.0844 e. The van der Waals surface area contributed by atoms with E-state index in [2.05, 4.69) is 46.8 Å². The Labute approximate surface area is 122 Å². The van der Waals surface area contributed by atoms with Crippen LogP contribution in [0.4, 0.5) is 0 Å². The molecule has 0 saturated carbocycles. The van der Waals surface area contributed by atoms with Crippen molar-refractivity contribution in [2.45, 2.75) is 60.3 Å². The van der Waals surface area contributed by atoms with Crippen molar-refractivity contribution in [2.75, 3.05) is 0 Å². The van der Waals surface area contributed by atoms with Gasteiger partial charge in [0.1, 0.15) is 0 Å². The Morgan fingerprint density at radius 2 is 1.58 bits per heavy atom. The van der Waals surface area contributed by atoms with Crippen molar-refractivity contribution in [1.82, 2.24) is 0 Å². The molecular weight excluding hydrogens is 252 g/mol. The summed E-state index contributed by atoms with van der Waals surface area (Å²) in [4.78, 5) is 0. The van der Waals surface area contributed by atoms with Crippen molar-refractivity contribution < 1.29 is 0 Å². The number of hydrogen-bond donors (Lipinski definition) is 0. The first-order valence-electron chi connectivity index (χ1n) is 7.32. The summed E-state index contributed by atoms with van der Waals surface area (Å²) in [6, 6.07) is 0. The summed E-state index contributed by atoms with van der Waals surface area (Å²) in [5, 5.41) is 0.961. The van der Waals surface area contributed by atoms with Crippen molar-refractivity contribution >= 4 is 11.6 Å². The van der Waals surface area contributed by atoms with Crippen molar-refractivity contribution in [3.05, 3.63) is 45.0 Å². The second kappa shape index (κ2) is 5.32. The van der Waals surface area contributed by atoms with Crippen LogP contribution in [0.5, 0.6) is 0 Å². The highest BCUT2D eigenvalue weighted by atomic mass is 35.5. The third kappa shape index (κ3) is 2.25. The summed E-state index contributed by atoms with van der Waals surface area (Å²) in [5.74, 6) is 0. The van der Waals surface area contributed by atoms with Gasteiger partial charge in [0.05, 0.1) is 0 Å². The fourth-order valence-electron chi connectivity index (χ4n) is 3.51. The summed E-state index contributed by atoms with van der Waals surface area (Å²) < 4.78 is 0. The SMILES string of the molecule is CC1=C(C)C(C)(C2=C(Cl)C=CCCCC2)C(C)=C1C. The largest absolute Gasteiger partial charge is 0.0844 e. The summed E-state index contributed by atoms with van der Waals surface area (Å²) in [6.07, 6.45) is 9.12. The Hall–Kier alpha value is -0.750. The van der Waals surface area contributed by atoms with Gasteiger partial charge in [0, 0.05) is 10.4 Å². The maximum atomic E-state index is 6.60. The lowest BCUT2D eigenvalue weighted by Gasteiger charge is -2.34. The fourth-order valence-corrected chi connectivity index (χ4v) is 3.88. The van der Waals surface area contributed by atoms with Crippen LogP contribution in [0, 0.1) is 5.41 Å². The number of allylic oxidation sites excluding steroid dienone is 8. The average Bonchev–Trinajstić information content (AvgIpc) is 2.51. The van der Waals surface area contributed by atoms with Crippen LogP contribution in [0.1, 0.15) is 60.3 Å². The Balaban J connectivity index is 2.59. The molecule has 0 nitrogen and oxygen atoms in total. The van der Waals surface area contributed by atoms with E-state index >= 15 is 0 Å². The molecule has 0 aromatic carbocycles. The smallest absolute Gasteiger partial charge is 0.0406 e. The van der Waals surface area contributed by atoms with Crippen LogP contribution in [-0.2, 0) is 0 Å². The molecule has 0 atom stereocenters. The molecule has 0 heterocycles. The zero-order valence-corrected chi connectivity index (χ0v) is 13.6. The van der Waals surface area contributed by atoms with Crippen molar-refractivity contribution in [3.63, 3.8) is 0 Å². The molecule has 0 fully saturated rings. The number of rotatable bonds is 1. The lowest BCUT2D eigenvalue weighted by atomic mass is 9.71. The maximum absolute atomic E-state index is 6.60. The first-order chi connectivity index (χ1) is 8.90. The molecule has 0 unspecified atom stereocenters. The van der Waals surface area contributed by atoms with Crippen LogP contribution < -0.4 is 0 Å². The third-order valence-corrected chi connectivity index (χ3v) is 5.75. The topological polar surface area (TPSA) is 0 Å².